The molecule has 0 aliphatic carbocycles. The number of nitrogens with two attached hydrogens (primary N) is 2. The first kappa shape index (κ1) is 11.3. The van der Waals surface area contributed by atoms with E-state index < -0.39 is 5.91 Å². The van der Waals surface area contributed by atoms with Crippen LogP contribution in [0.2, 0.25) is 0 Å². The molecule has 0 aliphatic rings. The van der Waals surface area contributed by atoms with Gasteiger partial charge in [-0.15, -0.1) is 10.2 Å². The van der Waals surface area contributed by atoms with Gasteiger partial charge in [0, 0.05) is 6.20 Å². The van der Waals surface area contributed by atoms with Crippen molar-refractivity contribution in [1.82, 2.24) is 15.2 Å². The van der Waals surface area contributed by atoms with E-state index in [0.29, 0.717) is 15.7 Å². The van der Waals surface area contributed by atoms with E-state index >= 15 is 0 Å². The summed E-state index contributed by atoms with van der Waals surface area (Å²) < 4.78 is 0. The number of anilines is 1. The summed E-state index contributed by atoms with van der Waals surface area (Å²) in [6.07, 6.45) is 1.64. The number of nitrogens with zero attached hydrogens (tertiary/aromatic N) is 3. The Hall–Kier alpha value is -2.15. The Kier molecular flexibility index (Phi) is 3.20. The van der Waals surface area contributed by atoms with Crippen LogP contribution in [-0.2, 0) is 0 Å². The molecule has 2 rings (SSSR count). The van der Waals surface area contributed by atoms with Crippen molar-refractivity contribution in [3.05, 3.63) is 36.2 Å². The summed E-state index contributed by atoms with van der Waals surface area (Å²) in [5.74, 6) is -0.605. The highest BCUT2D eigenvalue weighted by molar-refractivity contribution is 7.99. The van der Waals surface area contributed by atoms with Gasteiger partial charge < -0.3 is 11.5 Å². The van der Waals surface area contributed by atoms with E-state index in [4.69, 9.17) is 11.5 Å². The number of carbonyl (C=O) groups is 1. The molecular formula is C10H9N5OS. The molecule has 0 bridgehead atoms. The highest BCUT2D eigenvalue weighted by Crippen LogP contribution is 2.27. The van der Waals surface area contributed by atoms with Gasteiger partial charge in [-0.2, -0.15) is 0 Å². The molecule has 2 heterocycles. The predicted octanol–water partition coefficient (Wildman–Crippen LogP) is 0.704. The van der Waals surface area contributed by atoms with Crippen LogP contribution in [0, 0.1) is 0 Å². The van der Waals surface area contributed by atoms with Crippen LogP contribution in [0.4, 0.5) is 5.69 Å². The molecule has 0 spiro atoms. The average Bonchev–Trinajstić information content (AvgIpc) is 2.33. The zero-order valence-electron chi connectivity index (χ0n) is 8.70. The number of primary amides is 1. The molecule has 4 N–H and O–H groups in total. The number of hydrogen-bond donors (Lipinski definition) is 2. The molecule has 0 aromatic carbocycles. The van der Waals surface area contributed by atoms with Crippen molar-refractivity contribution in [2.75, 3.05) is 5.73 Å². The molecule has 0 atom stereocenters. The Morgan fingerprint density at radius 3 is 2.65 bits per heavy atom. The molecule has 6 nitrogen and oxygen atoms in total. The molecule has 2 aromatic heterocycles. The highest BCUT2D eigenvalue weighted by atomic mass is 32.2. The number of aromatic nitrogens is 3. The van der Waals surface area contributed by atoms with E-state index in [0.717, 1.165) is 0 Å². The number of pyridine rings is 1. The van der Waals surface area contributed by atoms with Gasteiger partial charge in [0.25, 0.3) is 5.91 Å². The van der Waals surface area contributed by atoms with Gasteiger partial charge in [0.05, 0.1) is 5.69 Å². The van der Waals surface area contributed by atoms with Gasteiger partial charge >= 0.3 is 0 Å². The lowest BCUT2D eigenvalue weighted by Gasteiger charge is -2.02. The average molecular weight is 247 g/mol. The second-order valence-electron chi connectivity index (χ2n) is 3.12. The van der Waals surface area contributed by atoms with Crippen molar-refractivity contribution < 1.29 is 4.79 Å². The molecule has 0 radical (unpaired) electrons. The van der Waals surface area contributed by atoms with Gasteiger partial charge in [0.2, 0.25) is 0 Å². The fraction of sp³-hybridized carbons (Fsp3) is 0. The second-order valence-corrected chi connectivity index (χ2v) is 4.13. The Balaban J connectivity index is 2.20. The lowest BCUT2D eigenvalue weighted by atomic mass is 10.4. The summed E-state index contributed by atoms with van der Waals surface area (Å²) in [6, 6.07) is 6.66. The van der Waals surface area contributed by atoms with Gasteiger partial charge in [-0.25, -0.2) is 4.98 Å². The normalized spacial score (nSPS) is 10.1. The summed E-state index contributed by atoms with van der Waals surface area (Å²) in [6.45, 7) is 0. The first-order valence-electron chi connectivity index (χ1n) is 4.68. The first-order valence-corrected chi connectivity index (χ1v) is 5.50. The monoisotopic (exact) mass is 247 g/mol. The van der Waals surface area contributed by atoms with Crippen molar-refractivity contribution in [1.29, 1.82) is 0 Å². The minimum atomic E-state index is -0.605. The lowest BCUT2D eigenvalue weighted by molar-refractivity contribution is 0.0994. The molecule has 17 heavy (non-hydrogen) atoms. The van der Waals surface area contributed by atoms with Crippen LogP contribution in [0.5, 0.6) is 0 Å². The molecule has 0 fully saturated rings. The van der Waals surface area contributed by atoms with E-state index in [1.807, 2.05) is 0 Å². The molecule has 0 saturated carbocycles. The molecule has 0 saturated heterocycles. The SMILES string of the molecule is NC(=O)c1ccc(Sc2ncccc2N)nn1. The van der Waals surface area contributed by atoms with Crippen LogP contribution in [-0.4, -0.2) is 21.1 Å². The van der Waals surface area contributed by atoms with Crippen molar-refractivity contribution in [3.8, 4) is 0 Å². The molecule has 1 amide bonds. The van der Waals surface area contributed by atoms with Crippen molar-refractivity contribution in [2.24, 2.45) is 5.73 Å². The minimum absolute atomic E-state index is 0.128. The van der Waals surface area contributed by atoms with E-state index in [1.54, 1.807) is 24.4 Å². The Bertz CT molecular complexity index is 543. The van der Waals surface area contributed by atoms with Gasteiger partial charge in [-0.3, -0.25) is 4.79 Å². The topological polar surface area (TPSA) is 108 Å². The molecule has 0 aliphatic heterocycles. The third-order valence-corrected chi connectivity index (χ3v) is 2.86. The standard InChI is InChI=1S/C10H9N5OS/c11-6-2-1-5-13-10(6)17-8-4-3-7(9(12)16)14-15-8/h1-5H,11H2,(H2,12,16). The highest BCUT2D eigenvalue weighted by Gasteiger charge is 2.06. The second kappa shape index (κ2) is 4.79. The van der Waals surface area contributed by atoms with Gasteiger partial charge in [0.1, 0.15) is 10.1 Å². The largest absolute Gasteiger partial charge is 0.397 e. The summed E-state index contributed by atoms with van der Waals surface area (Å²) >= 11 is 1.27. The van der Waals surface area contributed by atoms with Gasteiger partial charge in [-0.05, 0) is 36.0 Å². The zero-order valence-corrected chi connectivity index (χ0v) is 9.52. The van der Waals surface area contributed by atoms with Crippen molar-refractivity contribution in [3.63, 3.8) is 0 Å². The molecule has 0 unspecified atom stereocenters. The van der Waals surface area contributed by atoms with Crippen LogP contribution in [0.3, 0.4) is 0 Å². The molecular weight excluding hydrogens is 238 g/mol. The van der Waals surface area contributed by atoms with Crippen molar-refractivity contribution in [2.45, 2.75) is 10.1 Å². The maximum Gasteiger partial charge on any atom is 0.269 e. The van der Waals surface area contributed by atoms with Crippen LogP contribution < -0.4 is 11.5 Å². The number of rotatable bonds is 3. The number of carbonyl (C=O) groups excluding carboxylic acids is 1. The fourth-order valence-corrected chi connectivity index (χ4v) is 1.81. The van der Waals surface area contributed by atoms with Gasteiger partial charge in [0.15, 0.2) is 5.69 Å². The van der Waals surface area contributed by atoms with Crippen molar-refractivity contribution >= 4 is 23.4 Å². The zero-order chi connectivity index (χ0) is 12.3. The summed E-state index contributed by atoms with van der Waals surface area (Å²) in [5, 5.41) is 8.79. The Morgan fingerprint density at radius 1 is 1.24 bits per heavy atom. The molecule has 7 heteroatoms. The van der Waals surface area contributed by atoms with Crippen LogP contribution >= 0.6 is 11.8 Å². The minimum Gasteiger partial charge on any atom is -0.397 e. The third-order valence-electron chi connectivity index (χ3n) is 1.89. The van der Waals surface area contributed by atoms with Gasteiger partial charge in [-0.1, -0.05) is 0 Å². The lowest BCUT2D eigenvalue weighted by Crippen LogP contribution is -2.13. The fourth-order valence-electron chi connectivity index (χ4n) is 1.09. The molecule has 2 aromatic rings. The maximum atomic E-state index is 10.8. The number of nitrogen functional groups attached to an aromatic ring is 1. The van der Waals surface area contributed by atoms with Crippen LogP contribution in [0.15, 0.2) is 40.5 Å². The van der Waals surface area contributed by atoms with Crippen LogP contribution in [0.25, 0.3) is 0 Å². The van der Waals surface area contributed by atoms with E-state index in [-0.39, 0.29) is 5.69 Å². The van der Waals surface area contributed by atoms with E-state index in [2.05, 4.69) is 15.2 Å². The predicted molar refractivity (Wildman–Crippen MR) is 63.3 cm³/mol. The Morgan fingerprint density at radius 2 is 2.06 bits per heavy atom. The van der Waals surface area contributed by atoms with Crippen LogP contribution in [0.1, 0.15) is 10.5 Å². The Labute approximate surface area is 101 Å². The molecule has 86 valence electrons. The summed E-state index contributed by atoms with van der Waals surface area (Å²) in [7, 11) is 0. The maximum absolute atomic E-state index is 10.8. The first-order chi connectivity index (χ1) is 8.16. The van der Waals surface area contributed by atoms with E-state index in [1.165, 1.54) is 17.8 Å². The van der Waals surface area contributed by atoms with E-state index in [9.17, 15) is 4.79 Å². The summed E-state index contributed by atoms with van der Waals surface area (Å²) in [4.78, 5) is 14.9. The number of amides is 1. The summed E-state index contributed by atoms with van der Waals surface area (Å²) in [5.41, 5.74) is 11.5. The third kappa shape index (κ3) is 2.70. The smallest absolute Gasteiger partial charge is 0.269 e. The quantitative estimate of drug-likeness (QED) is 0.826. The number of hydrogen-bond acceptors (Lipinski definition) is 6.